The van der Waals surface area contributed by atoms with Gasteiger partial charge in [-0.15, -0.1) is 0 Å². The zero-order valence-corrected chi connectivity index (χ0v) is 31.3. The summed E-state index contributed by atoms with van der Waals surface area (Å²) >= 11 is -1.68. The lowest BCUT2D eigenvalue weighted by Crippen LogP contribution is -2.58. The van der Waals surface area contributed by atoms with Gasteiger partial charge in [0, 0.05) is 30.6 Å². The number of allylic oxidation sites excluding steroid dienone is 1. The summed E-state index contributed by atoms with van der Waals surface area (Å²) < 4.78 is 60.1. The van der Waals surface area contributed by atoms with Crippen LogP contribution in [0.4, 0.5) is 13.6 Å². The molecule has 5 aliphatic rings. The summed E-state index contributed by atoms with van der Waals surface area (Å²) in [5.74, 6) is -5.88. The summed E-state index contributed by atoms with van der Waals surface area (Å²) in [5, 5.41) is 5.80. The molecule has 53 heavy (non-hydrogen) atoms. The quantitative estimate of drug-likeness (QED) is 0.284. The van der Waals surface area contributed by atoms with Crippen LogP contribution < -0.4 is 20.1 Å². The number of fused-ring (bicyclic) bond motifs is 5. The number of amides is 4. The van der Waals surface area contributed by atoms with Gasteiger partial charge in [0.1, 0.15) is 28.0 Å². The Bertz CT molecular complexity index is 1860. The number of para-hydroxylation sites is 1. The van der Waals surface area contributed by atoms with Crippen LogP contribution in [0.2, 0.25) is 0 Å². The van der Waals surface area contributed by atoms with E-state index in [0.29, 0.717) is 31.2 Å². The second-order valence-corrected chi connectivity index (χ2v) is 17.6. The molecule has 1 aromatic carbocycles. The smallest absolute Gasteiger partial charge is 0.408 e. The molecule has 4 amide bonds. The summed E-state index contributed by atoms with van der Waals surface area (Å²) in [4.78, 5) is 61.5. The molecule has 7 rings (SSSR count). The monoisotopic (exact) mass is 755 g/mol. The van der Waals surface area contributed by atoms with Crippen LogP contribution in [0.5, 0.6) is 5.75 Å². The van der Waals surface area contributed by atoms with E-state index in [0.717, 1.165) is 12.8 Å². The van der Waals surface area contributed by atoms with E-state index in [1.54, 1.807) is 45.0 Å². The van der Waals surface area contributed by atoms with Gasteiger partial charge in [-0.1, -0.05) is 43.2 Å². The van der Waals surface area contributed by atoms with Crippen molar-refractivity contribution in [2.75, 3.05) is 6.54 Å². The van der Waals surface area contributed by atoms with E-state index in [-0.39, 0.29) is 48.2 Å². The molecule has 4 heterocycles. The van der Waals surface area contributed by atoms with Crippen molar-refractivity contribution in [1.82, 2.24) is 25.2 Å². The van der Waals surface area contributed by atoms with Crippen LogP contribution in [0.3, 0.4) is 0 Å². The van der Waals surface area contributed by atoms with E-state index < -0.39 is 87.5 Å². The summed E-state index contributed by atoms with van der Waals surface area (Å²) in [6.07, 6.45) is 6.03. The minimum Gasteiger partial charge on any atom is -0.593 e. The highest BCUT2D eigenvalue weighted by atomic mass is 32.2. The third kappa shape index (κ3) is 7.18. The zero-order valence-electron chi connectivity index (χ0n) is 30.5. The summed E-state index contributed by atoms with van der Waals surface area (Å²) in [6, 6.07) is 4.13. The molecule has 0 radical (unpaired) electrons. The molecule has 286 valence electrons. The van der Waals surface area contributed by atoms with Gasteiger partial charge in [-0.2, -0.15) is 4.72 Å². The first kappa shape index (κ1) is 37.3. The van der Waals surface area contributed by atoms with Gasteiger partial charge in [0.05, 0.1) is 47.2 Å². The SMILES string of the molecule is Cc1nc2ccccc2c2c1O[C@@]1(C[C@H]3C(=O)N[C@]4(C(=O)N[S@+]([O-])C5(C)CC5)C[C@H]4/C=C\CCCCC[C@H](NC(=O)OC(C)C)C(=O)N3C1)CC2(F)F. The van der Waals surface area contributed by atoms with Crippen LogP contribution in [0.1, 0.15) is 96.2 Å². The Labute approximate surface area is 310 Å². The number of carbonyl (C=O) groups is 4. The predicted octanol–water partition coefficient (Wildman–Crippen LogP) is 4.99. The van der Waals surface area contributed by atoms with Crippen molar-refractivity contribution in [3.8, 4) is 5.75 Å². The largest absolute Gasteiger partial charge is 0.593 e. The molecule has 2 aromatic rings. The van der Waals surface area contributed by atoms with Crippen LogP contribution in [0, 0.1) is 12.8 Å². The third-order valence-corrected chi connectivity index (χ3v) is 12.9. The maximum atomic E-state index is 16.6. The minimum atomic E-state index is -3.42. The number of benzene rings is 1. The van der Waals surface area contributed by atoms with Crippen molar-refractivity contribution in [3.05, 3.63) is 47.7 Å². The number of aryl methyl sites for hydroxylation is 1. The summed E-state index contributed by atoms with van der Waals surface area (Å²) in [6.45, 7) is 6.37. The first-order valence-electron chi connectivity index (χ1n) is 18.5. The number of nitrogens with zero attached hydrogens (tertiary/aromatic N) is 2. The molecular weight excluding hydrogens is 709 g/mol. The third-order valence-electron chi connectivity index (χ3n) is 11.2. The van der Waals surface area contributed by atoms with Crippen LogP contribution >= 0.6 is 0 Å². The molecule has 15 heteroatoms. The number of nitrogens with one attached hydrogen (secondary N) is 3. The standard InChI is InChI=1S/C38H47F2N5O7S/c1-22(2)51-34(49)42-27-15-9-7-5-6-8-12-24-18-37(24,33(48)44-53(50)35(4)16-17-35)43-31(46)28-19-36(21-45(28)32(27)47)20-38(39,40)29-25-13-10-11-14-26(25)41-23(3)30(29)52-36/h8,10-14,22,24,27-28H,5-7,9,15-21H2,1-4H3,(H,42,49)(H,43,46)(H,44,48)/b12-8-/t24-,27+,28+,36+,37-,53-/m1/s1. The predicted molar refractivity (Wildman–Crippen MR) is 192 cm³/mol. The number of hydrogen-bond donors (Lipinski definition) is 3. The maximum absolute atomic E-state index is 16.6. The molecule has 2 saturated carbocycles. The van der Waals surface area contributed by atoms with Crippen LogP contribution in [-0.2, 0) is 36.4 Å². The molecule has 1 aromatic heterocycles. The topological polar surface area (TPSA) is 162 Å². The molecule has 3 aliphatic heterocycles. The van der Waals surface area contributed by atoms with E-state index in [2.05, 4.69) is 20.3 Å². The fourth-order valence-corrected chi connectivity index (χ4v) is 9.08. The second kappa shape index (κ2) is 13.7. The van der Waals surface area contributed by atoms with Crippen LogP contribution in [0.25, 0.3) is 10.9 Å². The molecule has 0 unspecified atom stereocenters. The minimum absolute atomic E-state index is 0.0926. The molecule has 2 aliphatic carbocycles. The van der Waals surface area contributed by atoms with Gasteiger partial charge in [0.15, 0.2) is 5.75 Å². The number of alkyl carbamates (subject to hydrolysis) is 1. The van der Waals surface area contributed by atoms with Gasteiger partial charge >= 0.3 is 6.09 Å². The average molecular weight is 756 g/mol. The summed E-state index contributed by atoms with van der Waals surface area (Å²) in [5.41, 5.74) is -2.80. The average Bonchev–Trinajstić information content (AvgIpc) is 3.97. The molecule has 12 nitrogen and oxygen atoms in total. The molecular formula is C38H47F2N5O7S. The Morgan fingerprint density at radius 2 is 1.91 bits per heavy atom. The van der Waals surface area contributed by atoms with E-state index in [1.807, 2.05) is 19.1 Å². The zero-order chi connectivity index (χ0) is 37.9. The van der Waals surface area contributed by atoms with Gasteiger partial charge in [0.25, 0.3) is 11.8 Å². The van der Waals surface area contributed by atoms with E-state index in [4.69, 9.17) is 9.47 Å². The Hall–Kier alpha value is -3.98. The van der Waals surface area contributed by atoms with Gasteiger partial charge in [-0.25, -0.2) is 18.6 Å². The molecule has 1 spiro atoms. The fourth-order valence-electron chi connectivity index (χ4n) is 8.01. The Morgan fingerprint density at radius 3 is 2.64 bits per heavy atom. The highest BCUT2D eigenvalue weighted by Gasteiger charge is 2.65. The van der Waals surface area contributed by atoms with Crippen molar-refractivity contribution < 1.29 is 42.0 Å². The lowest BCUT2D eigenvalue weighted by atomic mass is 9.84. The highest BCUT2D eigenvalue weighted by molar-refractivity contribution is 7.91. The van der Waals surface area contributed by atoms with Crippen molar-refractivity contribution in [2.24, 2.45) is 5.92 Å². The van der Waals surface area contributed by atoms with E-state index in [9.17, 15) is 23.7 Å². The van der Waals surface area contributed by atoms with Gasteiger partial charge in [0.2, 0.25) is 11.8 Å². The van der Waals surface area contributed by atoms with Crippen molar-refractivity contribution in [3.63, 3.8) is 0 Å². The number of halogens is 2. The first-order valence-corrected chi connectivity index (χ1v) is 19.7. The lowest BCUT2D eigenvalue weighted by Gasteiger charge is -2.40. The Balaban J connectivity index is 1.25. The van der Waals surface area contributed by atoms with Crippen molar-refractivity contribution in [1.29, 1.82) is 0 Å². The number of hydrogen-bond acceptors (Lipinski definition) is 8. The van der Waals surface area contributed by atoms with E-state index >= 15 is 8.78 Å². The van der Waals surface area contributed by atoms with Crippen molar-refractivity contribution in [2.45, 2.75) is 132 Å². The van der Waals surface area contributed by atoms with Gasteiger partial charge < -0.3 is 29.6 Å². The number of carbonyl (C=O) groups excluding carboxylic acids is 4. The number of rotatable bonds is 5. The Kier molecular flexibility index (Phi) is 9.65. The summed E-state index contributed by atoms with van der Waals surface area (Å²) in [7, 11) is 0. The van der Waals surface area contributed by atoms with Crippen molar-refractivity contribution >= 4 is 46.1 Å². The number of ether oxygens (including phenoxy) is 2. The molecule has 0 bridgehead atoms. The fraction of sp³-hybridized carbons (Fsp3) is 0.605. The lowest BCUT2D eigenvalue weighted by molar-refractivity contribution is -0.141. The molecule has 3 fully saturated rings. The van der Waals surface area contributed by atoms with Gasteiger partial charge in [-0.05, 0) is 59.4 Å². The number of alkyl halides is 2. The Morgan fingerprint density at radius 1 is 1.15 bits per heavy atom. The van der Waals surface area contributed by atoms with Crippen LogP contribution in [-0.4, -0.2) is 78.9 Å². The molecule has 3 N–H and O–H groups in total. The first-order chi connectivity index (χ1) is 25.1. The van der Waals surface area contributed by atoms with Gasteiger partial charge in [-0.3, -0.25) is 14.4 Å². The van der Waals surface area contributed by atoms with Crippen LogP contribution in [0.15, 0.2) is 36.4 Å². The van der Waals surface area contributed by atoms with E-state index in [1.165, 1.54) is 4.90 Å². The maximum Gasteiger partial charge on any atom is 0.408 e. The normalized spacial score (nSPS) is 31.5. The molecule has 6 atom stereocenters. The number of pyridine rings is 1. The second-order valence-electron chi connectivity index (χ2n) is 15.9. The highest BCUT2D eigenvalue weighted by Crippen LogP contribution is 2.54. The molecule has 1 saturated heterocycles. The number of aromatic nitrogens is 1.